The Balaban J connectivity index is 1.82. The van der Waals surface area contributed by atoms with Gasteiger partial charge in [-0.2, -0.15) is 19.1 Å². The summed E-state index contributed by atoms with van der Waals surface area (Å²) < 4.78 is 52.1. The highest BCUT2D eigenvalue weighted by Gasteiger charge is 2.42. The molecule has 1 saturated carbocycles. The van der Waals surface area contributed by atoms with Gasteiger partial charge in [-0.3, -0.25) is 0 Å². The SMILES string of the molecule is C=C(c1c(OC)cc(-c2cnc3cc(C(C)(C)C#N)cnn23)cc1OC(F)F)N(C)C1CC1F. The van der Waals surface area contributed by atoms with Crippen LogP contribution in [-0.2, 0) is 5.41 Å². The number of hydrogen-bond acceptors (Lipinski definition) is 6. The molecule has 0 bridgehead atoms. The van der Waals surface area contributed by atoms with Crippen LogP contribution < -0.4 is 9.47 Å². The highest BCUT2D eigenvalue weighted by atomic mass is 19.3. The molecule has 1 aromatic carbocycles. The summed E-state index contributed by atoms with van der Waals surface area (Å²) in [5, 5.41) is 13.8. The summed E-state index contributed by atoms with van der Waals surface area (Å²) in [7, 11) is 3.06. The van der Waals surface area contributed by atoms with Gasteiger partial charge in [0, 0.05) is 24.7 Å². The van der Waals surface area contributed by atoms with Crippen LogP contribution >= 0.6 is 0 Å². The number of rotatable bonds is 8. The lowest BCUT2D eigenvalue weighted by atomic mass is 9.88. The number of ether oxygens (including phenoxy) is 2. The first-order chi connectivity index (χ1) is 16.1. The van der Waals surface area contributed by atoms with Gasteiger partial charge >= 0.3 is 6.61 Å². The lowest BCUT2D eigenvalue weighted by Crippen LogP contribution is -2.21. The molecule has 4 rings (SSSR count). The average Bonchev–Trinajstić information content (AvgIpc) is 3.38. The van der Waals surface area contributed by atoms with Crippen molar-refractivity contribution in [2.45, 2.75) is 44.5 Å². The van der Waals surface area contributed by atoms with Gasteiger partial charge in [0.1, 0.15) is 17.7 Å². The van der Waals surface area contributed by atoms with Crippen molar-refractivity contribution in [3.05, 3.63) is 48.3 Å². The number of aromatic nitrogens is 3. The molecular weight excluding hydrogens is 447 g/mol. The van der Waals surface area contributed by atoms with E-state index >= 15 is 0 Å². The van der Waals surface area contributed by atoms with Crippen molar-refractivity contribution in [1.29, 1.82) is 5.26 Å². The average molecular weight is 471 g/mol. The molecule has 1 aliphatic carbocycles. The number of halogens is 3. The van der Waals surface area contributed by atoms with Crippen LogP contribution in [0.2, 0.25) is 0 Å². The third-order valence-electron chi connectivity index (χ3n) is 6.05. The predicted octanol–water partition coefficient (Wildman–Crippen LogP) is 4.82. The maximum atomic E-state index is 13.6. The molecular formula is C24H24F3N5O2. The molecule has 10 heteroatoms. The third kappa shape index (κ3) is 4.14. The molecule has 3 aromatic rings. The van der Waals surface area contributed by atoms with E-state index in [0.717, 1.165) is 0 Å². The summed E-state index contributed by atoms with van der Waals surface area (Å²) in [6.45, 7) is 4.44. The van der Waals surface area contributed by atoms with E-state index in [1.165, 1.54) is 17.7 Å². The fraction of sp³-hybridized carbons (Fsp3) is 0.375. The maximum Gasteiger partial charge on any atom is 0.387 e. The Morgan fingerprint density at radius 1 is 1.29 bits per heavy atom. The van der Waals surface area contributed by atoms with Crippen molar-refractivity contribution in [1.82, 2.24) is 19.5 Å². The van der Waals surface area contributed by atoms with Gasteiger partial charge in [-0.05, 0) is 37.6 Å². The number of benzene rings is 1. The Kier molecular flexibility index (Phi) is 5.89. The highest BCUT2D eigenvalue weighted by molar-refractivity contribution is 5.79. The molecule has 2 heterocycles. The molecule has 34 heavy (non-hydrogen) atoms. The summed E-state index contributed by atoms with van der Waals surface area (Å²) in [5.41, 5.74) is 1.93. The van der Waals surface area contributed by atoms with Gasteiger partial charge in [-0.1, -0.05) is 6.58 Å². The van der Waals surface area contributed by atoms with Gasteiger partial charge < -0.3 is 14.4 Å². The smallest absolute Gasteiger partial charge is 0.387 e. The van der Waals surface area contributed by atoms with Crippen LogP contribution in [-0.4, -0.2) is 52.5 Å². The van der Waals surface area contributed by atoms with Gasteiger partial charge in [0.15, 0.2) is 5.65 Å². The molecule has 0 N–H and O–H groups in total. The Labute approximate surface area is 195 Å². The van der Waals surface area contributed by atoms with Crippen LogP contribution in [0.25, 0.3) is 22.6 Å². The van der Waals surface area contributed by atoms with Crippen LogP contribution in [0.15, 0.2) is 37.2 Å². The number of alkyl halides is 3. The zero-order valence-corrected chi connectivity index (χ0v) is 19.2. The first-order valence-electron chi connectivity index (χ1n) is 10.6. The van der Waals surface area contributed by atoms with Crippen LogP contribution in [0.4, 0.5) is 13.2 Å². The number of nitrogens with zero attached hydrogens (tertiary/aromatic N) is 5. The molecule has 178 valence electrons. The van der Waals surface area contributed by atoms with Crippen LogP contribution in [0, 0.1) is 11.3 Å². The molecule has 0 amide bonds. The summed E-state index contributed by atoms with van der Waals surface area (Å²) in [6.07, 6.45) is 2.47. The second kappa shape index (κ2) is 8.56. The Bertz CT molecular complexity index is 1300. The summed E-state index contributed by atoms with van der Waals surface area (Å²) in [6, 6.07) is 6.68. The normalized spacial score (nSPS) is 17.5. The Hall–Kier alpha value is -3.74. The van der Waals surface area contributed by atoms with E-state index in [1.807, 2.05) is 0 Å². The third-order valence-corrected chi connectivity index (χ3v) is 6.05. The molecule has 2 aromatic heterocycles. The van der Waals surface area contributed by atoms with Crippen molar-refractivity contribution in [3.8, 4) is 28.8 Å². The van der Waals surface area contributed by atoms with Crippen molar-refractivity contribution in [2.75, 3.05) is 14.2 Å². The van der Waals surface area contributed by atoms with Gasteiger partial charge in [-0.25, -0.2) is 13.9 Å². The van der Waals surface area contributed by atoms with E-state index in [2.05, 4.69) is 22.7 Å². The molecule has 0 radical (unpaired) electrons. The number of imidazole rings is 1. The molecule has 2 atom stereocenters. The number of nitriles is 1. The predicted molar refractivity (Wildman–Crippen MR) is 120 cm³/mol. The summed E-state index contributed by atoms with van der Waals surface area (Å²) in [5.74, 6) is 0.0766. The lowest BCUT2D eigenvalue weighted by molar-refractivity contribution is -0.0501. The fourth-order valence-corrected chi connectivity index (χ4v) is 3.78. The van der Waals surface area contributed by atoms with Gasteiger partial charge in [0.25, 0.3) is 0 Å². The zero-order valence-electron chi connectivity index (χ0n) is 19.2. The number of hydrogen-bond donors (Lipinski definition) is 0. The number of fused-ring (bicyclic) bond motifs is 1. The van der Waals surface area contributed by atoms with E-state index in [4.69, 9.17) is 9.47 Å². The maximum absolute atomic E-state index is 13.6. The van der Waals surface area contributed by atoms with E-state index in [0.29, 0.717) is 34.6 Å². The highest BCUT2D eigenvalue weighted by Crippen LogP contribution is 2.43. The van der Waals surface area contributed by atoms with Crippen molar-refractivity contribution in [2.24, 2.45) is 0 Å². The molecule has 1 aliphatic rings. The molecule has 0 saturated heterocycles. The molecule has 7 nitrogen and oxygen atoms in total. The van der Waals surface area contributed by atoms with E-state index < -0.39 is 18.2 Å². The second-order valence-electron chi connectivity index (χ2n) is 8.70. The molecule has 0 spiro atoms. The van der Waals surface area contributed by atoms with Crippen LogP contribution in [0.3, 0.4) is 0 Å². The summed E-state index contributed by atoms with van der Waals surface area (Å²) >= 11 is 0. The molecule has 1 fully saturated rings. The van der Waals surface area contributed by atoms with Gasteiger partial charge in [0.2, 0.25) is 0 Å². The van der Waals surface area contributed by atoms with E-state index in [-0.39, 0.29) is 23.1 Å². The first-order valence-corrected chi connectivity index (χ1v) is 10.6. The van der Waals surface area contributed by atoms with Crippen LogP contribution in [0.5, 0.6) is 11.5 Å². The van der Waals surface area contributed by atoms with Crippen molar-refractivity contribution < 1.29 is 22.6 Å². The molecule has 0 aliphatic heterocycles. The quantitative estimate of drug-likeness (QED) is 0.469. The van der Waals surface area contributed by atoms with E-state index in [9.17, 15) is 18.4 Å². The fourth-order valence-electron chi connectivity index (χ4n) is 3.78. The monoisotopic (exact) mass is 471 g/mol. The zero-order chi connectivity index (χ0) is 24.8. The van der Waals surface area contributed by atoms with Crippen molar-refractivity contribution in [3.63, 3.8) is 0 Å². The number of methoxy groups -OCH3 is 1. The Morgan fingerprint density at radius 3 is 2.56 bits per heavy atom. The standard InChI is InChI=1S/C24H24F3N5O2/c1-13(31(4)17-9-16(17)25)22-19(33-5)6-14(7-20(22)34-23(26)27)18-11-29-21-8-15(10-30-32(18)21)24(2,3)12-28/h6-8,10-11,16-17,23H,1,9H2,2-5H3. The molecule has 2 unspecified atom stereocenters. The topological polar surface area (TPSA) is 75.7 Å². The van der Waals surface area contributed by atoms with Crippen LogP contribution in [0.1, 0.15) is 31.4 Å². The first kappa shape index (κ1) is 23.4. The van der Waals surface area contributed by atoms with Gasteiger partial charge in [0.05, 0.1) is 48.3 Å². The Morgan fingerprint density at radius 2 is 1.97 bits per heavy atom. The van der Waals surface area contributed by atoms with Crippen molar-refractivity contribution >= 4 is 11.3 Å². The lowest BCUT2D eigenvalue weighted by Gasteiger charge is -2.25. The van der Waals surface area contributed by atoms with E-state index in [1.54, 1.807) is 50.3 Å². The second-order valence-corrected chi connectivity index (χ2v) is 8.70. The summed E-state index contributed by atoms with van der Waals surface area (Å²) in [4.78, 5) is 5.97. The minimum atomic E-state index is -3.09. The van der Waals surface area contributed by atoms with Gasteiger partial charge in [-0.15, -0.1) is 0 Å². The largest absolute Gasteiger partial charge is 0.496 e. The minimum Gasteiger partial charge on any atom is -0.496 e. The minimum absolute atomic E-state index is 0.158.